The zero-order valence-electron chi connectivity index (χ0n) is 12.3. The van der Waals surface area contributed by atoms with Crippen LogP contribution in [-0.4, -0.2) is 18.1 Å². The minimum absolute atomic E-state index is 0.116. The molecule has 1 aliphatic carbocycles. The normalized spacial score (nSPS) is 24.1. The van der Waals surface area contributed by atoms with Gasteiger partial charge >= 0.3 is 0 Å². The average Bonchev–Trinajstić information content (AvgIpc) is 2.41. The first-order chi connectivity index (χ1) is 9.54. The van der Waals surface area contributed by atoms with Crippen molar-refractivity contribution in [2.24, 2.45) is 5.92 Å². The number of carbonyl (C=O) groups is 1. The molecule has 0 radical (unpaired) electrons. The van der Waals surface area contributed by atoms with E-state index in [1.807, 2.05) is 12.1 Å². The van der Waals surface area contributed by atoms with Crippen LogP contribution in [0.1, 0.15) is 39.5 Å². The van der Waals surface area contributed by atoms with Crippen molar-refractivity contribution in [2.45, 2.75) is 51.7 Å². The van der Waals surface area contributed by atoms with E-state index in [4.69, 9.17) is 10.5 Å². The fraction of sp³-hybridized carbons (Fsp3) is 0.562. The highest BCUT2D eigenvalue weighted by Gasteiger charge is 2.23. The smallest absolute Gasteiger partial charge is 0.253 e. The van der Waals surface area contributed by atoms with Crippen LogP contribution >= 0.6 is 0 Å². The molecule has 0 bridgehead atoms. The maximum absolute atomic E-state index is 12.1. The lowest BCUT2D eigenvalue weighted by molar-refractivity contribution is -0.131. The van der Waals surface area contributed by atoms with Gasteiger partial charge in [-0.2, -0.15) is 0 Å². The number of nitrogen functional groups attached to an aromatic ring is 1. The lowest BCUT2D eigenvalue weighted by Gasteiger charge is -2.28. The summed E-state index contributed by atoms with van der Waals surface area (Å²) in [7, 11) is 0. The lowest BCUT2D eigenvalue weighted by Crippen LogP contribution is -2.33. The maximum atomic E-state index is 12.1. The number of rotatable bonds is 4. The highest BCUT2D eigenvalue weighted by atomic mass is 16.5. The molecular weight excluding hydrogens is 252 g/mol. The van der Waals surface area contributed by atoms with Gasteiger partial charge in [-0.15, -0.1) is 0 Å². The lowest BCUT2D eigenvalue weighted by atomic mass is 9.89. The first-order valence-electron chi connectivity index (χ1n) is 7.36. The molecule has 1 unspecified atom stereocenters. The minimum atomic E-state index is -0.435. The second-order valence-electron chi connectivity index (χ2n) is 5.77. The highest BCUT2D eigenvalue weighted by molar-refractivity contribution is 5.94. The minimum Gasteiger partial charge on any atom is -0.399 e. The van der Waals surface area contributed by atoms with Gasteiger partial charge in [0.1, 0.15) is 6.10 Å². The van der Waals surface area contributed by atoms with E-state index in [1.54, 1.807) is 19.1 Å². The number of nitrogens with one attached hydrogen (secondary N) is 1. The Hall–Kier alpha value is -1.55. The third-order valence-electron chi connectivity index (χ3n) is 3.88. The quantitative estimate of drug-likeness (QED) is 0.830. The van der Waals surface area contributed by atoms with Gasteiger partial charge in [-0.1, -0.05) is 13.0 Å². The molecule has 1 amide bonds. The molecule has 3 N–H and O–H groups in total. The molecule has 4 heteroatoms. The van der Waals surface area contributed by atoms with Crippen molar-refractivity contribution in [3.05, 3.63) is 24.3 Å². The van der Waals surface area contributed by atoms with Gasteiger partial charge in [0.05, 0.1) is 6.10 Å². The topological polar surface area (TPSA) is 64.3 Å². The summed E-state index contributed by atoms with van der Waals surface area (Å²) in [4.78, 5) is 12.1. The molecule has 1 atom stereocenters. The number of anilines is 2. The summed E-state index contributed by atoms with van der Waals surface area (Å²) in [5, 5.41) is 2.84. The summed E-state index contributed by atoms with van der Waals surface area (Å²) in [5.41, 5.74) is 7.04. The van der Waals surface area contributed by atoms with Gasteiger partial charge in [0, 0.05) is 11.4 Å². The molecule has 1 saturated carbocycles. The number of carbonyl (C=O) groups excluding carboxylic acids is 1. The maximum Gasteiger partial charge on any atom is 0.253 e. The summed E-state index contributed by atoms with van der Waals surface area (Å²) in [5.74, 6) is 0.667. The summed E-state index contributed by atoms with van der Waals surface area (Å²) < 4.78 is 5.86. The number of hydrogen-bond acceptors (Lipinski definition) is 3. The molecule has 110 valence electrons. The fourth-order valence-corrected chi connectivity index (χ4v) is 2.58. The van der Waals surface area contributed by atoms with Gasteiger partial charge in [-0.05, 0) is 56.7 Å². The van der Waals surface area contributed by atoms with Gasteiger partial charge in [0.15, 0.2) is 0 Å². The van der Waals surface area contributed by atoms with E-state index < -0.39 is 6.10 Å². The number of nitrogens with two attached hydrogens (primary N) is 1. The predicted molar refractivity (Wildman–Crippen MR) is 81.5 cm³/mol. The Kier molecular flexibility index (Phi) is 5.01. The Morgan fingerprint density at radius 2 is 2.05 bits per heavy atom. The van der Waals surface area contributed by atoms with Crippen LogP contribution in [0.3, 0.4) is 0 Å². The van der Waals surface area contributed by atoms with E-state index >= 15 is 0 Å². The van der Waals surface area contributed by atoms with Crippen LogP contribution in [0, 0.1) is 5.92 Å². The molecule has 4 nitrogen and oxygen atoms in total. The summed E-state index contributed by atoms with van der Waals surface area (Å²) >= 11 is 0. The molecule has 1 aliphatic rings. The highest BCUT2D eigenvalue weighted by Crippen LogP contribution is 2.26. The summed E-state index contributed by atoms with van der Waals surface area (Å²) in [6.45, 7) is 4.08. The van der Waals surface area contributed by atoms with E-state index in [0.29, 0.717) is 11.4 Å². The number of hydrogen-bond donors (Lipinski definition) is 2. The van der Waals surface area contributed by atoms with Gasteiger partial charge in [0.25, 0.3) is 5.91 Å². The number of ether oxygens (including phenoxy) is 1. The monoisotopic (exact) mass is 276 g/mol. The predicted octanol–water partition coefficient (Wildman–Crippen LogP) is 3.19. The second kappa shape index (κ2) is 6.75. The van der Waals surface area contributed by atoms with E-state index in [2.05, 4.69) is 12.2 Å². The molecule has 20 heavy (non-hydrogen) atoms. The first kappa shape index (κ1) is 14.9. The van der Waals surface area contributed by atoms with Crippen LogP contribution in [-0.2, 0) is 9.53 Å². The van der Waals surface area contributed by atoms with Crippen LogP contribution in [0.25, 0.3) is 0 Å². The SMILES string of the molecule is CC1CCC(OC(C)C(=O)Nc2cccc(N)c2)CC1. The Bertz CT molecular complexity index is 454. The molecule has 1 aromatic carbocycles. The molecular formula is C16H24N2O2. The summed E-state index contributed by atoms with van der Waals surface area (Å²) in [6.07, 6.45) is 4.26. The third-order valence-corrected chi connectivity index (χ3v) is 3.88. The van der Waals surface area contributed by atoms with Crippen molar-refractivity contribution in [2.75, 3.05) is 11.1 Å². The zero-order valence-corrected chi connectivity index (χ0v) is 12.3. The molecule has 1 aromatic rings. The van der Waals surface area contributed by atoms with Crippen LogP contribution in [0.5, 0.6) is 0 Å². The molecule has 0 saturated heterocycles. The average molecular weight is 276 g/mol. The van der Waals surface area contributed by atoms with Crippen molar-refractivity contribution in [3.8, 4) is 0 Å². The van der Waals surface area contributed by atoms with E-state index in [1.165, 1.54) is 12.8 Å². The molecule has 0 aliphatic heterocycles. The number of amides is 1. The summed E-state index contributed by atoms with van der Waals surface area (Å²) in [6, 6.07) is 7.17. The van der Waals surface area contributed by atoms with Crippen LogP contribution in [0.15, 0.2) is 24.3 Å². The van der Waals surface area contributed by atoms with Crippen molar-refractivity contribution in [1.82, 2.24) is 0 Å². The molecule has 0 spiro atoms. The zero-order chi connectivity index (χ0) is 14.5. The van der Waals surface area contributed by atoms with Crippen LogP contribution < -0.4 is 11.1 Å². The van der Waals surface area contributed by atoms with E-state index in [-0.39, 0.29) is 12.0 Å². The van der Waals surface area contributed by atoms with Crippen molar-refractivity contribution in [1.29, 1.82) is 0 Å². The Balaban J connectivity index is 1.83. The first-order valence-corrected chi connectivity index (χ1v) is 7.36. The van der Waals surface area contributed by atoms with Crippen molar-refractivity contribution >= 4 is 17.3 Å². The van der Waals surface area contributed by atoms with E-state index in [0.717, 1.165) is 18.8 Å². The Morgan fingerprint density at radius 1 is 1.35 bits per heavy atom. The van der Waals surface area contributed by atoms with Crippen LogP contribution in [0.2, 0.25) is 0 Å². The second-order valence-corrected chi connectivity index (χ2v) is 5.77. The fourth-order valence-electron chi connectivity index (χ4n) is 2.58. The largest absolute Gasteiger partial charge is 0.399 e. The van der Waals surface area contributed by atoms with Crippen molar-refractivity contribution < 1.29 is 9.53 Å². The molecule has 0 heterocycles. The van der Waals surface area contributed by atoms with Crippen LogP contribution in [0.4, 0.5) is 11.4 Å². The van der Waals surface area contributed by atoms with Gasteiger partial charge in [-0.25, -0.2) is 0 Å². The number of benzene rings is 1. The van der Waals surface area contributed by atoms with E-state index in [9.17, 15) is 4.79 Å². The molecule has 2 rings (SSSR count). The molecule has 1 fully saturated rings. The standard InChI is InChI=1S/C16H24N2O2/c1-11-6-8-15(9-7-11)20-12(2)16(19)18-14-5-3-4-13(17)10-14/h3-5,10-12,15H,6-9,17H2,1-2H3,(H,18,19). The Morgan fingerprint density at radius 3 is 2.70 bits per heavy atom. The Labute approximate surface area is 120 Å². The van der Waals surface area contributed by atoms with Gasteiger partial charge < -0.3 is 15.8 Å². The van der Waals surface area contributed by atoms with Crippen molar-refractivity contribution in [3.63, 3.8) is 0 Å². The third kappa shape index (κ3) is 4.23. The van der Waals surface area contributed by atoms with Gasteiger partial charge in [-0.3, -0.25) is 4.79 Å². The molecule has 0 aromatic heterocycles. The van der Waals surface area contributed by atoms with Gasteiger partial charge in [0.2, 0.25) is 0 Å².